The molecule has 48 heavy (non-hydrogen) atoms. The topological polar surface area (TPSA) is 87.7 Å². The monoisotopic (exact) mass is 700 g/mol. The van der Waals surface area contributed by atoms with Gasteiger partial charge in [-0.15, -0.1) is 0 Å². The molecule has 260 valence electrons. The third-order valence-electron chi connectivity index (χ3n) is 8.52. The standard InChI is InChI=1S/C37H46Cl2N2O7/c1-25-18-34(38)36(35(39)19-25)48-17-16-45-29-8-4-27(5-9-29)32-10-11-40-23-33(32)37(42)41(28-6-7-28)24-26-20-30(46-14-12-43-2)22-31(21-26)47-15-13-44-3/h4-5,8-9,18-22,28,32-33,40H,6-7,10-17,23-24H2,1-3H3/t32-,33+/m1/s1. The maximum absolute atomic E-state index is 14.3. The number of carbonyl (C=O) groups is 1. The van der Waals surface area contributed by atoms with Crippen LogP contribution in [-0.2, 0) is 20.8 Å². The molecule has 1 aliphatic heterocycles. The second-order valence-electron chi connectivity index (χ2n) is 12.2. The highest BCUT2D eigenvalue weighted by atomic mass is 35.5. The Morgan fingerprint density at radius 2 is 1.35 bits per heavy atom. The number of nitrogens with one attached hydrogen (secondary N) is 1. The summed E-state index contributed by atoms with van der Waals surface area (Å²) in [6.07, 6.45) is 2.90. The maximum Gasteiger partial charge on any atom is 0.228 e. The average molecular weight is 702 g/mol. The minimum absolute atomic E-state index is 0.0971. The third-order valence-corrected chi connectivity index (χ3v) is 9.09. The molecule has 2 aliphatic rings. The molecule has 9 nitrogen and oxygen atoms in total. The Morgan fingerprint density at radius 1 is 0.771 bits per heavy atom. The summed E-state index contributed by atoms with van der Waals surface area (Å²) in [5, 5.41) is 4.43. The van der Waals surface area contributed by atoms with Crippen molar-refractivity contribution in [3.63, 3.8) is 0 Å². The van der Waals surface area contributed by atoms with E-state index in [2.05, 4.69) is 22.3 Å². The first kappa shape index (κ1) is 36.1. The molecule has 0 unspecified atom stereocenters. The molecule has 2 atom stereocenters. The molecule has 0 bridgehead atoms. The van der Waals surface area contributed by atoms with Gasteiger partial charge in [0.25, 0.3) is 0 Å². The van der Waals surface area contributed by atoms with E-state index in [0.717, 1.165) is 48.2 Å². The Bertz CT molecular complexity index is 1430. The number of rotatable bonds is 18. The van der Waals surface area contributed by atoms with Gasteiger partial charge in [-0.25, -0.2) is 0 Å². The van der Waals surface area contributed by atoms with Crippen molar-refractivity contribution in [1.82, 2.24) is 10.2 Å². The summed E-state index contributed by atoms with van der Waals surface area (Å²) in [6, 6.07) is 17.8. The molecular formula is C37H46Cl2N2O7. The number of ether oxygens (including phenoxy) is 6. The van der Waals surface area contributed by atoms with Crippen LogP contribution < -0.4 is 24.3 Å². The number of aryl methyl sites for hydroxylation is 1. The zero-order valence-electron chi connectivity index (χ0n) is 28.0. The van der Waals surface area contributed by atoms with Gasteiger partial charge in [-0.1, -0.05) is 35.3 Å². The minimum atomic E-state index is -0.179. The van der Waals surface area contributed by atoms with Crippen LogP contribution in [0.5, 0.6) is 23.0 Å². The number of hydrogen-bond donors (Lipinski definition) is 1. The Balaban J connectivity index is 1.23. The van der Waals surface area contributed by atoms with Gasteiger partial charge in [0.05, 0.1) is 29.2 Å². The molecule has 1 aliphatic carbocycles. The molecule has 1 saturated carbocycles. The number of halogens is 2. The predicted molar refractivity (Wildman–Crippen MR) is 187 cm³/mol. The van der Waals surface area contributed by atoms with Gasteiger partial charge >= 0.3 is 0 Å². The van der Waals surface area contributed by atoms with Crippen molar-refractivity contribution in [3.8, 4) is 23.0 Å². The van der Waals surface area contributed by atoms with Gasteiger partial charge in [-0.05, 0) is 91.7 Å². The quantitative estimate of drug-likeness (QED) is 0.147. The van der Waals surface area contributed by atoms with Gasteiger partial charge in [0.1, 0.15) is 43.7 Å². The van der Waals surface area contributed by atoms with E-state index in [0.29, 0.717) is 80.0 Å². The lowest BCUT2D eigenvalue weighted by Gasteiger charge is -2.36. The van der Waals surface area contributed by atoms with E-state index in [4.69, 9.17) is 51.6 Å². The van der Waals surface area contributed by atoms with Crippen LogP contribution in [0.1, 0.15) is 41.9 Å². The lowest BCUT2D eigenvalue weighted by Crippen LogP contribution is -2.47. The fourth-order valence-electron chi connectivity index (χ4n) is 6.01. The Labute approximate surface area is 293 Å². The van der Waals surface area contributed by atoms with Gasteiger partial charge in [0.2, 0.25) is 5.91 Å². The van der Waals surface area contributed by atoms with Crippen LogP contribution in [0.2, 0.25) is 10.0 Å². The van der Waals surface area contributed by atoms with Crippen LogP contribution in [-0.4, -0.2) is 83.8 Å². The first-order valence-electron chi connectivity index (χ1n) is 16.6. The van der Waals surface area contributed by atoms with Crippen LogP contribution >= 0.6 is 23.2 Å². The fraction of sp³-hybridized carbons (Fsp3) is 0.486. The van der Waals surface area contributed by atoms with E-state index < -0.39 is 0 Å². The normalized spacial score (nSPS) is 17.5. The molecule has 2 fully saturated rings. The highest BCUT2D eigenvalue weighted by molar-refractivity contribution is 6.37. The summed E-state index contributed by atoms with van der Waals surface area (Å²) in [7, 11) is 3.29. The second kappa shape index (κ2) is 18.0. The zero-order valence-corrected chi connectivity index (χ0v) is 29.5. The van der Waals surface area contributed by atoms with Crippen molar-refractivity contribution in [2.24, 2.45) is 5.92 Å². The summed E-state index contributed by atoms with van der Waals surface area (Å²) in [5.74, 6) is 2.66. The van der Waals surface area contributed by atoms with E-state index in [1.54, 1.807) is 14.2 Å². The summed E-state index contributed by atoms with van der Waals surface area (Å²) in [6.45, 7) is 6.36. The van der Waals surface area contributed by atoms with E-state index in [-0.39, 0.29) is 23.8 Å². The molecule has 1 heterocycles. The van der Waals surface area contributed by atoms with Crippen molar-refractivity contribution in [2.75, 3.05) is 67.0 Å². The van der Waals surface area contributed by atoms with Crippen molar-refractivity contribution in [1.29, 1.82) is 0 Å². The van der Waals surface area contributed by atoms with E-state index >= 15 is 0 Å². The van der Waals surface area contributed by atoms with E-state index in [1.807, 2.05) is 49.4 Å². The van der Waals surface area contributed by atoms with E-state index in [1.165, 1.54) is 0 Å². The molecular weight excluding hydrogens is 655 g/mol. The van der Waals surface area contributed by atoms with Crippen molar-refractivity contribution < 1.29 is 33.2 Å². The SMILES string of the molecule is COCCOc1cc(CN(C(=O)[C@H]2CNCC[C@@H]2c2ccc(OCCOc3c(Cl)cc(C)cc3Cl)cc2)C2CC2)cc(OCCOC)c1. The van der Waals surface area contributed by atoms with E-state index in [9.17, 15) is 4.79 Å². The van der Waals surface area contributed by atoms with Crippen LogP contribution in [0.4, 0.5) is 0 Å². The second-order valence-corrected chi connectivity index (χ2v) is 13.0. The first-order valence-corrected chi connectivity index (χ1v) is 17.3. The number of amides is 1. The number of nitrogens with zero attached hydrogens (tertiary/aromatic N) is 1. The van der Waals surface area contributed by atoms with Gasteiger partial charge in [-0.2, -0.15) is 0 Å². The number of benzene rings is 3. The molecule has 3 aromatic rings. The molecule has 0 radical (unpaired) electrons. The van der Waals surface area contributed by atoms with Gasteiger partial charge in [0, 0.05) is 39.4 Å². The van der Waals surface area contributed by atoms with Crippen molar-refractivity contribution >= 4 is 29.1 Å². The first-order chi connectivity index (χ1) is 23.4. The van der Waals surface area contributed by atoms with Crippen LogP contribution in [0.25, 0.3) is 0 Å². The van der Waals surface area contributed by atoms with Gasteiger partial charge < -0.3 is 38.6 Å². The molecule has 0 aromatic heterocycles. The van der Waals surface area contributed by atoms with Gasteiger partial charge in [-0.3, -0.25) is 4.79 Å². The van der Waals surface area contributed by atoms with Crippen LogP contribution in [0.15, 0.2) is 54.6 Å². The summed E-state index contributed by atoms with van der Waals surface area (Å²) in [4.78, 5) is 16.4. The highest BCUT2D eigenvalue weighted by Crippen LogP contribution is 2.38. The Kier molecular flexibility index (Phi) is 13.5. The smallest absolute Gasteiger partial charge is 0.228 e. The molecule has 5 rings (SSSR count). The highest BCUT2D eigenvalue weighted by Gasteiger charge is 2.40. The average Bonchev–Trinajstić information content (AvgIpc) is 3.92. The Hall–Kier alpha value is -3.21. The fourth-order valence-corrected chi connectivity index (χ4v) is 6.72. The molecule has 1 saturated heterocycles. The van der Waals surface area contributed by atoms with Gasteiger partial charge in [0.15, 0.2) is 5.75 Å². The summed E-state index contributed by atoms with van der Waals surface area (Å²) >= 11 is 12.6. The third kappa shape index (κ3) is 10.2. The lowest BCUT2D eigenvalue weighted by molar-refractivity contribution is -0.138. The number of piperidine rings is 1. The largest absolute Gasteiger partial charge is 0.491 e. The molecule has 3 aromatic carbocycles. The Morgan fingerprint density at radius 3 is 1.96 bits per heavy atom. The maximum atomic E-state index is 14.3. The van der Waals surface area contributed by atoms with Crippen molar-refractivity contribution in [2.45, 2.75) is 44.7 Å². The predicted octanol–water partition coefficient (Wildman–Crippen LogP) is 6.69. The number of carbonyl (C=O) groups excluding carboxylic acids is 1. The van der Waals surface area contributed by atoms with Crippen molar-refractivity contribution in [3.05, 3.63) is 81.3 Å². The summed E-state index contributed by atoms with van der Waals surface area (Å²) in [5.41, 5.74) is 3.07. The summed E-state index contributed by atoms with van der Waals surface area (Å²) < 4.78 is 33.9. The molecule has 1 amide bonds. The van der Waals surface area contributed by atoms with Crippen LogP contribution in [0, 0.1) is 12.8 Å². The number of methoxy groups -OCH3 is 2. The number of hydrogen-bond acceptors (Lipinski definition) is 8. The molecule has 11 heteroatoms. The zero-order chi connectivity index (χ0) is 33.9. The van der Waals surface area contributed by atoms with Crippen LogP contribution in [0.3, 0.4) is 0 Å². The minimum Gasteiger partial charge on any atom is -0.491 e. The lowest BCUT2D eigenvalue weighted by atomic mass is 9.80. The molecule has 1 N–H and O–H groups in total. The molecule has 0 spiro atoms.